The molecule has 0 spiro atoms. The van der Waals surface area contributed by atoms with Gasteiger partial charge in [-0.05, 0) is 32.7 Å². The van der Waals surface area contributed by atoms with E-state index in [1.165, 1.54) is 6.42 Å². The highest BCUT2D eigenvalue weighted by Crippen LogP contribution is 2.23. The Bertz CT molecular complexity index is 291. The van der Waals surface area contributed by atoms with Gasteiger partial charge in [-0.1, -0.05) is 27.2 Å². The molecule has 2 atom stereocenters. The van der Waals surface area contributed by atoms with Crippen molar-refractivity contribution >= 4 is 5.84 Å². The van der Waals surface area contributed by atoms with Crippen LogP contribution in [0.5, 0.6) is 0 Å². The highest BCUT2D eigenvalue weighted by atomic mass is 16.5. The van der Waals surface area contributed by atoms with E-state index in [1.807, 2.05) is 0 Å². The Balaban J connectivity index is 2.29. The van der Waals surface area contributed by atoms with Gasteiger partial charge >= 0.3 is 0 Å². The van der Waals surface area contributed by atoms with Crippen LogP contribution in [0.3, 0.4) is 0 Å². The summed E-state index contributed by atoms with van der Waals surface area (Å²) in [5.41, 5.74) is 5.46. The van der Waals surface area contributed by atoms with Crippen molar-refractivity contribution in [2.75, 3.05) is 19.7 Å². The standard InChI is InChI=1S/C15H31N3O/c1-5-13-11-19-12(2)10-18(13)9-7-6-8-15(3,4)14(16)17/h12-13H,5-11H2,1-4H3,(H3,16,17). The van der Waals surface area contributed by atoms with Gasteiger partial charge in [-0.15, -0.1) is 0 Å². The molecule has 4 heteroatoms. The third-order valence-electron chi connectivity index (χ3n) is 4.28. The predicted molar refractivity (Wildman–Crippen MR) is 80.6 cm³/mol. The second-order valence-corrected chi connectivity index (χ2v) is 6.46. The molecular formula is C15H31N3O. The zero-order valence-corrected chi connectivity index (χ0v) is 13.0. The fraction of sp³-hybridized carbons (Fsp3) is 0.933. The van der Waals surface area contributed by atoms with Crippen molar-refractivity contribution in [3.63, 3.8) is 0 Å². The van der Waals surface area contributed by atoms with Crippen LogP contribution in [-0.4, -0.2) is 42.6 Å². The Hall–Kier alpha value is -0.610. The number of nitrogens with two attached hydrogens (primary N) is 1. The minimum Gasteiger partial charge on any atom is -0.387 e. The summed E-state index contributed by atoms with van der Waals surface area (Å²) in [6, 6.07) is 0.581. The average Bonchev–Trinajstić information content (AvgIpc) is 2.34. The molecule has 1 rings (SSSR count). The third-order valence-corrected chi connectivity index (χ3v) is 4.28. The van der Waals surface area contributed by atoms with E-state index in [0.717, 1.165) is 39.0 Å². The molecule has 1 heterocycles. The van der Waals surface area contributed by atoms with Gasteiger partial charge in [0, 0.05) is 18.0 Å². The van der Waals surface area contributed by atoms with Crippen LogP contribution >= 0.6 is 0 Å². The molecule has 0 bridgehead atoms. The molecule has 0 aromatic rings. The summed E-state index contributed by atoms with van der Waals surface area (Å²) < 4.78 is 5.72. The minimum absolute atomic E-state index is 0.150. The Morgan fingerprint density at radius 1 is 1.42 bits per heavy atom. The zero-order chi connectivity index (χ0) is 14.5. The first-order valence-electron chi connectivity index (χ1n) is 7.57. The molecule has 4 nitrogen and oxygen atoms in total. The van der Waals surface area contributed by atoms with E-state index in [0.29, 0.717) is 18.0 Å². The van der Waals surface area contributed by atoms with Gasteiger partial charge in [0.1, 0.15) is 0 Å². The SMILES string of the molecule is CCC1COC(C)CN1CCCCC(C)(C)C(=N)N. The third kappa shape index (κ3) is 5.11. The van der Waals surface area contributed by atoms with Gasteiger partial charge in [0.05, 0.1) is 18.5 Å². The molecule has 2 unspecified atom stereocenters. The maximum atomic E-state index is 7.57. The summed E-state index contributed by atoms with van der Waals surface area (Å²) >= 11 is 0. The monoisotopic (exact) mass is 269 g/mol. The van der Waals surface area contributed by atoms with E-state index in [1.54, 1.807) is 0 Å². The van der Waals surface area contributed by atoms with Gasteiger partial charge in [-0.3, -0.25) is 10.3 Å². The maximum absolute atomic E-state index is 7.57. The van der Waals surface area contributed by atoms with Crippen LogP contribution in [0.2, 0.25) is 0 Å². The quantitative estimate of drug-likeness (QED) is 0.424. The van der Waals surface area contributed by atoms with Crippen LogP contribution in [0, 0.1) is 10.8 Å². The van der Waals surface area contributed by atoms with Gasteiger partial charge in [-0.25, -0.2) is 0 Å². The van der Waals surface area contributed by atoms with Crippen LogP contribution in [0.25, 0.3) is 0 Å². The van der Waals surface area contributed by atoms with Gasteiger partial charge in [0.15, 0.2) is 0 Å². The largest absolute Gasteiger partial charge is 0.387 e. The van der Waals surface area contributed by atoms with Crippen molar-refractivity contribution in [2.24, 2.45) is 11.1 Å². The number of hydrogen-bond acceptors (Lipinski definition) is 3. The highest BCUT2D eigenvalue weighted by Gasteiger charge is 2.25. The molecule has 0 aromatic carbocycles. The average molecular weight is 269 g/mol. The lowest BCUT2D eigenvalue weighted by Crippen LogP contribution is -2.48. The second kappa shape index (κ2) is 7.25. The summed E-state index contributed by atoms with van der Waals surface area (Å²) in [7, 11) is 0. The van der Waals surface area contributed by atoms with Crippen LogP contribution < -0.4 is 5.73 Å². The highest BCUT2D eigenvalue weighted by molar-refractivity contribution is 5.82. The first-order chi connectivity index (χ1) is 8.86. The number of ether oxygens (including phenoxy) is 1. The molecule has 0 aliphatic carbocycles. The fourth-order valence-electron chi connectivity index (χ4n) is 2.58. The van der Waals surface area contributed by atoms with Crippen LogP contribution in [0.15, 0.2) is 0 Å². The van der Waals surface area contributed by atoms with E-state index in [2.05, 4.69) is 32.6 Å². The molecule has 0 amide bonds. The first-order valence-corrected chi connectivity index (χ1v) is 7.57. The molecular weight excluding hydrogens is 238 g/mol. The Morgan fingerprint density at radius 3 is 2.68 bits per heavy atom. The van der Waals surface area contributed by atoms with Gasteiger partial charge in [-0.2, -0.15) is 0 Å². The zero-order valence-electron chi connectivity index (χ0n) is 13.0. The molecule has 0 aromatic heterocycles. The van der Waals surface area contributed by atoms with E-state index >= 15 is 0 Å². The summed E-state index contributed by atoms with van der Waals surface area (Å²) in [5, 5.41) is 7.57. The summed E-state index contributed by atoms with van der Waals surface area (Å²) in [5.74, 6) is 0.305. The normalized spacial score (nSPS) is 25.5. The van der Waals surface area contributed by atoms with Crippen LogP contribution in [-0.2, 0) is 4.74 Å². The van der Waals surface area contributed by atoms with Crippen molar-refractivity contribution in [2.45, 2.75) is 65.5 Å². The Morgan fingerprint density at radius 2 is 2.11 bits per heavy atom. The smallest absolute Gasteiger partial charge is 0.0963 e. The lowest BCUT2D eigenvalue weighted by molar-refractivity contribution is -0.0562. The molecule has 1 aliphatic heterocycles. The second-order valence-electron chi connectivity index (χ2n) is 6.46. The summed E-state index contributed by atoms with van der Waals surface area (Å²) in [6.07, 6.45) is 4.83. The number of hydrogen-bond donors (Lipinski definition) is 2. The number of unbranched alkanes of at least 4 members (excludes halogenated alkanes) is 1. The number of nitrogens with zero attached hydrogens (tertiary/aromatic N) is 1. The molecule has 112 valence electrons. The van der Waals surface area contributed by atoms with E-state index in [4.69, 9.17) is 15.9 Å². The summed E-state index contributed by atoms with van der Waals surface area (Å²) in [6.45, 7) is 11.6. The molecule has 19 heavy (non-hydrogen) atoms. The molecule has 1 saturated heterocycles. The van der Waals surface area contributed by atoms with E-state index in [-0.39, 0.29) is 5.41 Å². The predicted octanol–water partition coefficient (Wildman–Crippen LogP) is 2.62. The van der Waals surface area contributed by atoms with Crippen molar-refractivity contribution in [3.05, 3.63) is 0 Å². The van der Waals surface area contributed by atoms with Crippen LogP contribution in [0.1, 0.15) is 53.4 Å². The molecule has 3 N–H and O–H groups in total. The molecule has 0 radical (unpaired) electrons. The maximum Gasteiger partial charge on any atom is 0.0963 e. The summed E-state index contributed by atoms with van der Waals surface area (Å²) in [4.78, 5) is 2.56. The minimum atomic E-state index is -0.150. The van der Waals surface area contributed by atoms with Crippen LogP contribution in [0.4, 0.5) is 0 Å². The molecule has 1 fully saturated rings. The fourth-order valence-corrected chi connectivity index (χ4v) is 2.58. The van der Waals surface area contributed by atoms with Gasteiger partial charge in [0.2, 0.25) is 0 Å². The lowest BCUT2D eigenvalue weighted by Gasteiger charge is -2.38. The number of morpholine rings is 1. The van der Waals surface area contributed by atoms with Crippen molar-refractivity contribution in [3.8, 4) is 0 Å². The number of amidine groups is 1. The van der Waals surface area contributed by atoms with E-state index < -0.39 is 0 Å². The molecule has 1 aliphatic rings. The van der Waals surface area contributed by atoms with E-state index in [9.17, 15) is 0 Å². The number of rotatable bonds is 7. The Labute approximate surface area is 118 Å². The van der Waals surface area contributed by atoms with Crippen molar-refractivity contribution < 1.29 is 4.74 Å². The molecule has 0 saturated carbocycles. The van der Waals surface area contributed by atoms with Gasteiger partial charge in [0.25, 0.3) is 0 Å². The number of nitrogens with one attached hydrogen (secondary N) is 1. The first kappa shape index (κ1) is 16.4. The van der Waals surface area contributed by atoms with Crippen molar-refractivity contribution in [1.82, 2.24) is 4.90 Å². The lowest BCUT2D eigenvalue weighted by atomic mass is 9.86. The van der Waals surface area contributed by atoms with Crippen molar-refractivity contribution in [1.29, 1.82) is 5.41 Å². The Kier molecular flexibility index (Phi) is 6.27. The topological polar surface area (TPSA) is 62.3 Å². The van der Waals surface area contributed by atoms with Gasteiger partial charge < -0.3 is 10.5 Å².